The molecule has 0 bridgehead atoms. The maximum absolute atomic E-state index is 12.0. The molecule has 4 N–H and O–H groups in total. The molecule has 2 saturated carbocycles. The number of carbonyl (C=O) groups is 2. The molecule has 1 amide bonds. The van der Waals surface area contributed by atoms with Crippen LogP contribution in [0.15, 0.2) is 0 Å². The summed E-state index contributed by atoms with van der Waals surface area (Å²) in [4.78, 5) is 23.5. The molecular weight excluding hydrogens is 258 g/mol. The van der Waals surface area contributed by atoms with Crippen LogP contribution in [-0.4, -0.2) is 29.1 Å². The summed E-state index contributed by atoms with van der Waals surface area (Å²) in [5.41, 5.74) is 4.14. The van der Waals surface area contributed by atoms with Crippen LogP contribution in [0.25, 0.3) is 0 Å². The van der Waals surface area contributed by atoms with Crippen molar-refractivity contribution in [1.29, 1.82) is 5.26 Å². The van der Waals surface area contributed by atoms with Gasteiger partial charge in [0.1, 0.15) is 5.41 Å². The molecule has 0 aliphatic heterocycles. The first-order chi connectivity index (χ1) is 9.39. The number of nitrogens with zero attached hydrogens (tertiary/aromatic N) is 1. The Balaban J connectivity index is 2.45. The van der Waals surface area contributed by atoms with Gasteiger partial charge < -0.3 is 16.2 Å². The topological polar surface area (TPSA) is 116 Å². The number of nitrogens with two attached hydrogens (primary N) is 1. The lowest BCUT2D eigenvalue weighted by Crippen LogP contribution is -2.64. The van der Waals surface area contributed by atoms with Gasteiger partial charge in [-0.25, -0.2) is 0 Å². The Morgan fingerprint density at radius 2 is 2.05 bits per heavy atom. The third-order valence-corrected chi connectivity index (χ3v) is 4.84. The summed E-state index contributed by atoms with van der Waals surface area (Å²) in [5.74, 6) is -1.31. The summed E-state index contributed by atoms with van der Waals surface area (Å²) in [5, 5.41) is 21.9. The second kappa shape index (κ2) is 5.06. The molecule has 3 unspecified atom stereocenters. The lowest BCUT2D eigenvalue weighted by atomic mass is 9.62. The molecule has 6 nitrogen and oxygen atoms in total. The van der Waals surface area contributed by atoms with E-state index in [4.69, 9.17) is 5.73 Å². The maximum atomic E-state index is 12.0. The third-order valence-electron chi connectivity index (χ3n) is 4.84. The lowest BCUT2D eigenvalue weighted by molar-refractivity contribution is -0.156. The summed E-state index contributed by atoms with van der Waals surface area (Å²) < 4.78 is 0. The first kappa shape index (κ1) is 14.8. The molecular formula is C14H21N3O3. The molecule has 0 aromatic heterocycles. The Morgan fingerprint density at radius 1 is 1.40 bits per heavy atom. The standard InChI is InChI=1S/C14H21N3O3/c1-9(18)17-11(13(8-15)6-7-13)14(12(19)20)5-3-2-4-10(14)16/h10-11H,2-7,16H2,1H3,(H,17,18)(H,19,20). The number of carboxylic acid groups (broad SMARTS) is 1. The van der Waals surface area contributed by atoms with Crippen molar-refractivity contribution < 1.29 is 14.7 Å². The SMILES string of the molecule is CC(=O)NC(C1(C#N)CC1)C1(C(=O)O)CCCCC1N. The van der Waals surface area contributed by atoms with Crippen LogP contribution in [0, 0.1) is 22.2 Å². The zero-order chi connectivity index (χ0) is 15.0. The molecule has 0 spiro atoms. The lowest BCUT2D eigenvalue weighted by Gasteiger charge is -2.46. The van der Waals surface area contributed by atoms with Crippen LogP contribution >= 0.6 is 0 Å². The zero-order valence-electron chi connectivity index (χ0n) is 11.7. The number of amides is 1. The van der Waals surface area contributed by atoms with Crippen molar-refractivity contribution in [1.82, 2.24) is 5.32 Å². The fraction of sp³-hybridized carbons (Fsp3) is 0.786. The summed E-state index contributed by atoms with van der Waals surface area (Å²) in [7, 11) is 0. The normalized spacial score (nSPS) is 32.8. The van der Waals surface area contributed by atoms with Crippen LogP contribution < -0.4 is 11.1 Å². The predicted octanol–water partition coefficient (Wildman–Crippen LogP) is 0.767. The van der Waals surface area contributed by atoms with Gasteiger partial charge in [-0.05, 0) is 25.7 Å². The Morgan fingerprint density at radius 3 is 2.45 bits per heavy atom. The van der Waals surface area contributed by atoms with E-state index in [9.17, 15) is 20.0 Å². The molecule has 20 heavy (non-hydrogen) atoms. The van der Waals surface area contributed by atoms with Crippen LogP contribution in [-0.2, 0) is 9.59 Å². The monoisotopic (exact) mass is 279 g/mol. The van der Waals surface area contributed by atoms with E-state index in [-0.39, 0.29) is 5.91 Å². The van der Waals surface area contributed by atoms with E-state index in [1.54, 1.807) is 0 Å². The average Bonchev–Trinajstić information content (AvgIpc) is 3.17. The molecule has 0 aromatic rings. The van der Waals surface area contributed by atoms with E-state index in [1.165, 1.54) is 6.92 Å². The van der Waals surface area contributed by atoms with Gasteiger partial charge >= 0.3 is 5.97 Å². The van der Waals surface area contributed by atoms with E-state index in [1.807, 2.05) is 0 Å². The van der Waals surface area contributed by atoms with Crippen molar-refractivity contribution in [3.05, 3.63) is 0 Å². The summed E-state index contributed by atoms with van der Waals surface area (Å²) in [6, 6.07) is 0.987. The largest absolute Gasteiger partial charge is 0.481 e. The molecule has 0 saturated heterocycles. The minimum Gasteiger partial charge on any atom is -0.481 e. The van der Waals surface area contributed by atoms with Gasteiger partial charge in [0.2, 0.25) is 5.91 Å². The van der Waals surface area contributed by atoms with Crippen LogP contribution in [0.3, 0.4) is 0 Å². The van der Waals surface area contributed by atoms with E-state index >= 15 is 0 Å². The van der Waals surface area contributed by atoms with Gasteiger partial charge in [-0.2, -0.15) is 5.26 Å². The fourth-order valence-corrected chi connectivity index (χ4v) is 3.54. The molecule has 6 heteroatoms. The van der Waals surface area contributed by atoms with Crippen molar-refractivity contribution in [3.63, 3.8) is 0 Å². The van der Waals surface area contributed by atoms with E-state index in [0.717, 1.165) is 12.8 Å². The van der Waals surface area contributed by atoms with Gasteiger partial charge in [-0.1, -0.05) is 12.8 Å². The van der Waals surface area contributed by atoms with Gasteiger partial charge in [-0.15, -0.1) is 0 Å². The first-order valence-electron chi connectivity index (χ1n) is 7.06. The van der Waals surface area contributed by atoms with E-state index in [0.29, 0.717) is 25.7 Å². The van der Waals surface area contributed by atoms with Crippen molar-refractivity contribution in [2.75, 3.05) is 0 Å². The molecule has 2 aliphatic carbocycles. The molecule has 0 aromatic carbocycles. The van der Waals surface area contributed by atoms with Crippen molar-refractivity contribution in [3.8, 4) is 6.07 Å². The van der Waals surface area contributed by atoms with E-state index in [2.05, 4.69) is 11.4 Å². The summed E-state index contributed by atoms with van der Waals surface area (Å²) >= 11 is 0. The minimum atomic E-state index is -1.23. The highest BCUT2D eigenvalue weighted by molar-refractivity contribution is 5.80. The molecule has 2 rings (SSSR count). The number of hydrogen-bond donors (Lipinski definition) is 3. The van der Waals surface area contributed by atoms with Gasteiger partial charge in [0.25, 0.3) is 0 Å². The van der Waals surface area contributed by atoms with E-state index < -0.39 is 28.9 Å². The number of nitrogens with one attached hydrogen (secondary N) is 1. The molecule has 2 aliphatic rings. The average molecular weight is 279 g/mol. The number of carboxylic acids is 1. The quantitative estimate of drug-likeness (QED) is 0.702. The van der Waals surface area contributed by atoms with Crippen molar-refractivity contribution in [2.45, 2.75) is 57.5 Å². The van der Waals surface area contributed by atoms with Crippen LogP contribution in [0.4, 0.5) is 0 Å². The molecule has 3 atom stereocenters. The van der Waals surface area contributed by atoms with Crippen LogP contribution in [0.5, 0.6) is 0 Å². The predicted molar refractivity (Wildman–Crippen MR) is 71.4 cm³/mol. The number of carbonyl (C=O) groups excluding carboxylic acids is 1. The molecule has 110 valence electrons. The Hall–Kier alpha value is -1.61. The van der Waals surface area contributed by atoms with Crippen LogP contribution in [0.1, 0.15) is 45.4 Å². The summed E-state index contributed by atoms with van der Waals surface area (Å²) in [6.07, 6.45) is 3.92. The highest BCUT2D eigenvalue weighted by Crippen LogP contribution is 2.56. The Labute approximate surface area is 118 Å². The first-order valence-corrected chi connectivity index (χ1v) is 7.06. The number of rotatable bonds is 4. The van der Waals surface area contributed by atoms with Crippen LogP contribution in [0.2, 0.25) is 0 Å². The van der Waals surface area contributed by atoms with Gasteiger partial charge in [0.15, 0.2) is 0 Å². The minimum absolute atomic E-state index is 0.310. The highest BCUT2D eigenvalue weighted by atomic mass is 16.4. The number of aliphatic carboxylic acids is 1. The zero-order valence-corrected chi connectivity index (χ0v) is 11.7. The van der Waals surface area contributed by atoms with Crippen molar-refractivity contribution >= 4 is 11.9 Å². The number of hydrogen-bond acceptors (Lipinski definition) is 4. The molecule has 0 radical (unpaired) electrons. The second-order valence-corrected chi connectivity index (χ2v) is 6.10. The number of nitriles is 1. The molecule has 2 fully saturated rings. The third kappa shape index (κ3) is 2.16. The van der Waals surface area contributed by atoms with Gasteiger partial charge in [-0.3, -0.25) is 9.59 Å². The van der Waals surface area contributed by atoms with Crippen molar-refractivity contribution in [2.24, 2.45) is 16.6 Å². The highest BCUT2D eigenvalue weighted by Gasteiger charge is 2.64. The smallest absolute Gasteiger partial charge is 0.313 e. The molecule has 0 heterocycles. The Kier molecular flexibility index (Phi) is 3.74. The summed E-state index contributed by atoms with van der Waals surface area (Å²) in [6.45, 7) is 1.35. The van der Waals surface area contributed by atoms with Gasteiger partial charge in [0, 0.05) is 13.0 Å². The maximum Gasteiger partial charge on any atom is 0.313 e. The Bertz CT molecular complexity index is 467. The fourth-order valence-electron chi connectivity index (χ4n) is 3.54. The second-order valence-electron chi connectivity index (χ2n) is 6.10. The van der Waals surface area contributed by atoms with Gasteiger partial charge in [0.05, 0.1) is 17.5 Å².